The van der Waals surface area contributed by atoms with E-state index in [1.807, 2.05) is 0 Å². The number of anilines is 2. The summed E-state index contributed by atoms with van der Waals surface area (Å²) in [5, 5.41) is 5.06. The van der Waals surface area contributed by atoms with Crippen molar-refractivity contribution in [3.8, 4) is 17.0 Å². The predicted molar refractivity (Wildman–Crippen MR) is 122 cm³/mol. The van der Waals surface area contributed by atoms with Gasteiger partial charge in [-0.2, -0.15) is 0 Å². The Balaban J connectivity index is 1.64. The SMILES string of the molecule is CNC(=O)Nc1ccc(-c2cnc3ccc(C(=O)N(C)c4ccc(F)c(OC)c4)cn23)cn1. The Kier molecular flexibility index (Phi) is 5.90. The van der Waals surface area contributed by atoms with Crippen molar-refractivity contribution in [2.45, 2.75) is 0 Å². The second-order valence-electron chi connectivity index (χ2n) is 7.11. The molecule has 10 heteroatoms. The quantitative estimate of drug-likeness (QED) is 0.486. The van der Waals surface area contributed by atoms with Gasteiger partial charge < -0.3 is 15.0 Å². The topological polar surface area (TPSA) is 101 Å². The zero-order valence-corrected chi connectivity index (χ0v) is 18.2. The van der Waals surface area contributed by atoms with E-state index in [9.17, 15) is 14.0 Å². The van der Waals surface area contributed by atoms with Crippen LogP contribution in [0.5, 0.6) is 5.75 Å². The summed E-state index contributed by atoms with van der Waals surface area (Å²) in [6, 6.07) is 10.8. The standard InChI is InChI=1S/C23H21FN6O3/c1-25-23(32)28-20-8-4-14(11-26-20)18-12-27-21-9-5-15(13-30(18)21)22(31)29(2)16-6-7-17(24)19(10-16)33-3/h4-13H,1-3H3,(H2,25,26,28,32). The number of pyridine rings is 2. The van der Waals surface area contributed by atoms with Crippen molar-refractivity contribution >= 4 is 29.1 Å². The summed E-state index contributed by atoms with van der Waals surface area (Å²) in [4.78, 5) is 34.6. The number of hydrogen-bond acceptors (Lipinski definition) is 5. The van der Waals surface area contributed by atoms with Crippen LogP contribution < -0.4 is 20.3 Å². The lowest BCUT2D eigenvalue weighted by Crippen LogP contribution is -2.26. The van der Waals surface area contributed by atoms with Gasteiger partial charge in [-0.25, -0.2) is 19.2 Å². The number of nitrogens with zero attached hydrogens (tertiary/aromatic N) is 4. The van der Waals surface area contributed by atoms with Gasteiger partial charge >= 0.3 is 6.03 Å². The van der Waals surface area contributed by atoms with Crippen LogP contribution in [0.1, 0.15) is 10.4 Å². The molecule has 0 bridgehead atoms. The average Bonchev–Trinajstić information content (AvgIpc) is 3.27. The fraction of sp³-hybridized carbons (Fsp3) is 0.130. The van der Waals surface area contributed by atoms with Crippen molar-refractivity contribution < 1.29 is 18.7 Å². The Labute approximate surface area is 188 Å². The number of benzene rings is 1. The van der Waals surface area contributed by atoms with Gasteiger partial charge in [0.2, 0.25) is 0 Å². The van der Waals surface area contributed by atoms with Crippen LogP contribution in [0.2, 0.25) is 0 Å². The number of urea groups is 1. The van der Waals surface area contributed by atoms with Crippen LogP contribution in [0.4, 0.5) is 20.7 Å². The molecule has 0 aliphatic carbocycles. The van der Waals surface area contributed by atoms with Gasteiger partial charge in [0.25, 0.3) is 5.91 Å². The summed E-state index contributed by atoms with van der Waals surface area (Å²) in [7, 11) is 4.50. The molecule has 0 spiro atoms. The van der Waals surface area contributed by atoms with E-state index in [1.165, 1.54) is 37.3 Å². The monoisotopic (exact) mass is 448 g/mol. The van der Waals surface area contributed by atoms with Crippen molar-refractivity contribution in [1.29, 1.82) is 0 Å². The predicted octanol–water partition coefficient (Wildman–Crippen LogP) is 3.57. The Morgan fingerprint density at radius 2 is 1.91 bits per heavy atom. The van der Waals surface area contributed by atoms with Crippen LogP contribution >= 0.6 is 0 Å². The first kappa shape index (κ1) is 21.8. The van der Waals surface area contributed by atoms with Crippen LogP contribution in [-0.2, 0) is 0 Å². The summed E-state index contributed by atoms with van der Waals surface area (Å²) < 4.78 is 20.5. The Bertz CT molecular complexity index is 1340. The fourth-order valence-corrected chi connectivity index (χ4v) is 3.29. The van der Waals surface area contributed by atoms with Crippen LogP contribution in [0, 0.1) is 5.82 Å². The number of aromatic nitrogens is 3. The minimum Gasteiger partial charge on any atom is -0.494 e. The molecule has 4 aromatic rings. The molecule has 0 atom stereocenters. The lowest BCUT2D eigenvalue weighted by Gasteiger charge is -2.18. The van der Waals surface area contributed by atoms with Crippen molar-refractivity contribution in [3.63, 3.8) is 0 Å². The highest BCUT2D eigenvalue weighted by molar-refractivity contribution is 6.05. The van der Waals surface area contributed by atoms with E-state index in [4.69, 9.17) is 4.74 Å². The van der Waals surface area contributed by atoms with Gasteiger partial charge in [-0.15, -0.1) is 0 Å². The zero-order chi connectivity index (χ0) is 23.5. The van der Waals surface area contributed by atoms with Crippen molar-refractivity contribution in [2.24, 2.45) is 0 Å². The van der Waals surface area contributed by atoms with Crippen LogP contribution in [0.3, 0.4) is 0 Å². The number of methoxy groups -OCH3 is 1. The molecule has 0 aliphatic rings. The lowest BCUT2D eigenvalue weighted by molar-refractivity contribution is 0.0992. The van der Waals surface area contributed by atoms with E-state index in [2.05, 4.69) is 20.6 Å². The molecule has 0 aliphatic heterocycles. The van der Waals surface area contributed by atoms with E-state index in [-0.39, 0.29) is 17.7 Å². The Morgan fingerprint density at radius 3 is 2.61 bits per heavy atom. The first-order valence-electron chi connectivity index (χ1n) is 9.95. The number of nitrogens with one attached hydrogen (secondary N) is 2. The molecular formula is C23H21FN6O3. The first-order chi connectivity index (χ1) is 15.9. The van der Waals surface area contributed by atoms with Crippen LogP contribution in [0.25, 0.3) is 16.9 Å². The molecule has 0 fully saturated rings. The summed E-state index contributed by atoms with van der Waals surface area (Å²) >= 11 is 0. The smallest absolute Gasteiger partial charge is 0.320 e. The molecule has 3 heterocycles. The van der Waals surface area contributed by atoms with Crippen LogP contribution in [0.15, 0.2) is 61.1 Å². The summed E-state index contributed by atoms with van der Waals surface area (Å²) in [6.07, 6.45) is 4.98. The summed E-state index contributed by atoms with van der Waals surface area (Å²) in [5.74, 6) is -0.328. The Hall–Kier alpha value is -4.47. The third-order valence-electron chi connectivity index (χ3n) is 5.11. The molecule has 3 aromatic heterocycles. The maximum Gasteiger partial charge on any atom is 0.320 e. The van der Waals surface area contributed by atoms with Gasteiger partial charge in [0.05, 0.1) is 24.6 Å². The minimum atomic E-state index is -0.503. The van der Waals surface area contributed by atoms with E-state index < -0.39 is 5.82 Å². The first-order valence-corrected chi connectivity index (χ1v) is 9.95. The number of imidazole rings is 1. The number of rotatable bonds is 5. The summed E-state index contributed by atoms with van der Waals surface area (Å²) in [5.41, 5.74) is 3.04. The number of carbonyl (C=O) groups excluding carboxylic acids is 2. The van der Waals surface area contributed by atoms with Gasteiger partial charge in [0.1, 0.15) is 11.5 Å². The molecule has 1 aromatic carbocycles. The second kappa shape index (κ2) is 8.95. The third-order valence-corrected chi connectivity index (χ3v) is 5.11. The van der Waals surface area contributed by atoms with E-state index in [0.717, 1.165) is 11.3 Å². The van der Waals surface area contributed by atoms with Gasteiger partial charge in [0, 0.05) is 43.8 Å². The van der Waals surface area contributed by atoms with E-state index >= 15 is 0 Å². The summed E-state index contributed by atoms with van der Waals surface area (Å²) in [6.45, 7) is 0. The number of amides is 3. The number of halogens is 1. The molecule has 0 saturated carbocycles. The molecular weight excluding hydrogens is 427 g/mol. The molecule has 3 amide bonds. The van der Waals surface area contributed by atoms with Gasteiger partial charge in [0.15, 0.2) is 11.6 Å². The molecule has 0 unspecified atom stereocenters. The van der Waals surface area contributed by atoms with Gasteiger partial charge in [-0.3, -0.25) is 14.5 Å². The van der Waals surface area contributed by atoms with Gasteiger partial charge in [-0.1, -0.05) is 0 Å². The molecule has 2 N–H and O–H groups in total. The number of hydrogen-bond donors (Lipinski definition) is 2. The average molecular weight is 448 g/mol. The highest BCUT2D eigenvalue weighted by Crippen LogP contribution is 2.26. The van der Waals surface area contributed by atoms with Gasteiger partial charge in [-0.05, 0) is 36.4 Å². The number of carbonyl (C=O) groups is 2. The molecule has 9 nitrogen and oxygen atoms in total. The number of ether oxygens (including phenoxy) is 1. The lowest BCUT2D eigenvalue weighted by atomic mass is 10.2. The highest BCUT2D eigenvalue weighted by atomic mass is 19.1. The highest BCUT2D eigenvalue weighted by Gasteiger charge is 2.17. The third kappa shape index (κ3) is 4.31. The molecule has 168 valence electrons. The Morgan fingerprint density at radius 1 is 1.09 bits per heavy atom. The molecule has 0 radical (unpaired) electrons. The zero-order valence-electron chi connectivity index (χ0n) is 18.2. The molecule has 0 saturated heterocycles. The number of fused-ring (bicyclic) bond motifs is 1. The maximum absolute atomic E-state index is 13.7. The van der Waals surface area contributed by atoms with Crippen molar-refractivity contribution in [1.82, 2.24) is 19.7 Å². The van der Waals surface area contributed by atoms with Crippen molar-refractivity contribution in [2.75, 3.05) is 31.4 Å². The van der Waals surface area contributed by atoms with E-state index in [0.29, 0.717) is 22.7 Å². The largest absolute Gasteiger partial charge is 0.494 e. The maximum atomic E-state index is 13.7. The second-order valence-corrected chi connectivity index (χ2v) is 7.11. The minimum absolute atomic E-state index is 0.0568. The normalized spacial score (nSPS) is 10.7. The molecule has 33 heavy (non-hydrogen) atoms. The van der Waals surface area contributed by atoms with E-state index in [1.54, 1.807) is 54.3 Å². The van der Waals surface area contributed by atoms with Crippen molar-refractivity contribution in [3.05, 3.63) is 72.4 Å². The fourth-order valence-electron chi connectivity index (χ4n) is 3.29. The molecule has 4 rings (SSSR count). The van der Waals surface area contributed by atoms with Crippen LogP contribution in [-0.4, -0.2) is 47.5 Å².